The first kappa shape index (κ1) is 17.5. The molecule has 0 saturated carbocycles. The van der Waals surface area contributed by atoms with Crippen LogP contribution in [0.1, 0.15) is 11.3 Å². The maximum Gasteiger partial charge on any atom is 0.258 e. The van der Waals surface area contributed by atoms with Crippen molar-refractivity contribution in [2.75, 3.05) is 11.1 Å². The second-order valence-electron chi connectivity index (χ2n) is 5.57. The lowest BCUT2D eigenvalue weighted by molar-refractivity contribution is -0.113. The zero-order chi connectivity index (χ0) is 17.8. The lowest BCUT2D eigenvalue weighted by Gasteiger charge is -2.06. The molecule has 3 rings (SSSR count). The Hall–Kier alpha value is -2.31. The van der Waals surface area contributed by atoms with Gasteiger partial charge >= 0.3 is 0 Å². The molecule has 2 heterocycles. The lowest BCUT2D eigenvalue weighted by atomic mass is 10.3. The second-order valence-corrected chi connectivity index (χ2v) is 6.99. The van der Waals surface area contributed by atoms with Gasteiger partial charge in [-0.25, -0.2) is 4.98 Å². The van der Waals surface area contributed by atoms with Crippen molar-refractivity contribution in [2.45, 2.75) is 12.7 Å². The van der Waals surface area contributed by atoms with Crippen molar-refractivity contribution in [3.05, 3.63) is 75.3 Å². The molecule has 0 aliphatic rings. The number of aryl methyl sites for hydroxylation is 1. The molecule has 1 aromatic carbocycles. The summed E-state index contributed by atoms with van der Waals surface area (Å²) < 4.78 is 1.51. The molecule has 0 bridgehead atoms. The van der Waals surface area contributed by atoms with Gasteiger partial charge in [0.25, 0.3) is 5.56 Å². The summed E-state index contributed by atoms with van der Waals surface area (Å²) in [5.41, 5.74) is 2.91. The average Bonchev–Trinajstić information content (AvgIpc) is 2.56. The van der Waals surface area contributed by atoms with Gasteiger partial charge in [-0.2, -0.15) is 0 Å². The van der Waals surface area contributed by atoms with Crippen molar-refractivity contribution in [1.29, 1.82) is 0 Å². The Morgan fingerprint density at radius 3 is 2.76 bits per heavy atom. The topological polar surface area (TPSA) is 63.5 Å². The number of aromatic nitrogens is 2. The first-order valence-corrected chi connectivity index (χ1v) is 9.17. The third-order valence-corrected chi connectivity index (χ3v) is 4.71. The number of nitrogens with zero attached hydrogens (tertiary/aromatic N) is 2. The number of nitrogens with one attached hydrogen (secondary N) is 1. The van der Waals surface area contributed by atoms with Crippen LogP contribution in [0.15, 0.2) is 53.5 Å². The van der Waals surface area contributed by atoms with Crippen molar-refractivity contribution < 1.29 is 4.79 Å². The van der Waals surface area contributed by atoms with Gasteiger partial charge in [-0.05, 0) is 48.9 Å². The number of hydrogen-bond acceptors (Lipinski definition) is 4. The Balaban J connectivity index is 1.60. The number of carbonyl (C=O) groups excluding carboxylic acids is 1. The van der Waals surface area contributed by atoms with Crippen molar-refractivity contribution in [3.8, 4) is 0 Å². The average molecular weight is 374 g/mol. The predicted octanol–water partition coefficient (Wildman–Crippen LogP) is 3.53. The molecule has 0 spiro atoms. The molecule has 7 heteroatoms. The largest absolute Gasteiger partial charge is 0.325 e. The van der Waals surface area contributed by atoms with Crippen molar-refractivity contribution in [2.24, 2.45) is 0 Å². The normalized spacial score (nSPS) is 10.8. The fourth-order valence-corrected chi connectivity index (χ4v) is 3.15. The van der Waals surface area contributed by atoms with E-state index < -0.39 is 0 Å². The Bertz CT molecular complexity index is 970. The maximum atomic E-state index is 12.1. The van der Waals surface area contributed by atoms with Gasteiger partial charge < -0.3 is 5.32 Å². The number of benzene rings is 1. The third-order valence-electron chi connectivity index (χ3n) is 3.49. The van der Waals surface area contributed by atoms with Crippen LogP contribution in [-0.2, 0) is 10.5 Å². The fraction of sp³-hybridized carbons (Fsp3) is 0.167. The molecule has 1 N–H and O–H groups in total. The highest BCUT2D eigenvalue weighted by molar-refractivity contribution is 7.99. The molecule has 1 amide bonds. The number of thioether (sulfide) groups is 1. The standard InChI is InChI=1S/C18H16ClN3O2S/c1-12-6-7-22-16(8-12)20-15(9-18(22)24)10-25-11-17(23)21-14-4-2-13(19)3-5-14/h2-9H,10-11H2,1H3,(H,21,23). The van der Waals surface area contributed by atoms with Crippen LogP contribution in [0.2, 0.25) is 5.02 Å². The number of fused-ring (bicyclic) bond motifs is 1. The van der Waals surface area contributed by atoms with Gasteiger partial charge in [0.2, 0.25) is 5.91 Å². The molecule has 128 valence electrons. The van der Waals surface area contributed by atoms with Crippen molar-refractivity contribution >= 4 is 40.6 Å². The summed E-state index contributed by atoms with van der Waals surface area (Å²) in [7, 11) is 0. The first-order chi connectivity index (χ1) is 12.0. The summed E-state index contributed by atoms with van der Waals surface area (Å²) in [5.74, 6) is 0.659. The van der Waals surface area contributed by atoms with Crippen LogP contribution in [0.3, 0.4) is 0 Å². The smallest absolute Gasteiger partial charge is 0.258 e. The summed E-state index contributed by atoms with van der Waals surface area (Å²) in [4.78, 5) is 28.5. The molecule has 0 saturated heterocycles. The molecule has 0 atom stereocenters. The molecule has 25 heavy (non-hydrogen) atoms. The van der Waals surface area contributed by atoms with Crippen LogP contribution in [0, 0.1) is 6.92 Å². The minimum Gasteiger partial charge on any atom is -0.325 e. The minimum atomic E-state index is -0.119. The van der Waals surface area contributed by atoms with Crippen LogP contribution in [-0.4, -0.2) is 21.0 Å². The highest BCUT2D eigenvalue weighted by atomic mass is 35.5. The van der Waals surface area contributed by atoms with Crippen LogP contribution in [0.4, 0.5) is 5.69 Å². The second kappa shape index (κ2) is 7.72. The monoisotopic (exact) mass is 373 g/mol. The molecule has 0 unspecified atom stereocenters. The van der Waals surface area contributed by atoms with E-state index in [1.165, 1.54) is 22.2 Å². The zero-order valence-electron chi connectivity index (χ0n) is 13.5. The van der Waals surface area contributed by atoms with Gasteiger partial charge in [-0.1, -0.05) is 11.6 Å². The molecule has 5 nitrogen and oxygen atoms in total. The van der Waals surface area contributed by atoms with Gasteiger partial charge in [0.05, 0.1) is 11.4 Å². The van der Waals surface area contributed by atoms with Crippen LogP contribution < -0.4 is 10.9 Å². The third kappa shape index (κ3) is 4.61. The highest BCUT2D eigenvalue weighted by Crippen LogP contribution is 2.15. The van der Waals surface area contributed by atoms with E-state index in [9.17, 15) is 9.59 Å². The molecular weight excluding hydrogens is 358 g/mol. The van der Waals surface area contributed by atoms with Gasteiger partial charge in [0.15, 0.2) is 0 Å². The summed E-state index contributed by atoms with van der Waals surface area (Å²) >= 11 is 7.22. The molecule has 0 aliphatic heterocycles. The quantitative estimate of drug-likeness (QED) is 0.743. The Kier molecular flexibility index (Phi) is 5.40. The molecule has 0 aliphatic carbocycles. The number of amides is 1. The highest BCUT2D eigenvalue weighted by Gasteiger charge is 2.06. The van der Waals surface area contributed by atoms with Crippen LogP contribution >= 0.6 is 23.4 Å². The van der Waals surface area contributed by atoms with Gasteiger partial charge in [0, 0.05) is 28.7 Å². The van der Waals surface area contributed by atoms with Gasteiger partial charge in [-0.15, -0.1) is 11.8 Å². The SMILES string of the molecule is Cc1ccn2c(=O)cc(CSCC(=O)Nc3ccc(Cl)cc3)nc2c1. The molecule has 0 fully saturated rings. The Labute approximate surface area is 154 Å². The van der Waals surface area contributed by atoms with Crippen LogP contribution in [0.25, 0.3) is 5.65 Å². The van der Waals surface area contributed by atoms with E-state index in [-0.39, 0.29) is 17.2 Å². The molecule has 2 aromatic heterocycles. The van der Waals surface area contributed by atoms with E-state index in [0.717, 1.165) is 5.56 Å². The number of carbonyl (C=O) groups is 1. The Morgan fingerprint density at radius 2 is 2.00 bits per heavy atom. The number of hydrogen-bond donors (Lipinski definition) is 1. The van der Waals surface area contributed by atoms with Crippen molar-refractivity contribution in [3.63, 3.8) is 0 Å². The van der Waals surface area contributed by atoms with E-state index in [1.54, 1.807) is 30.5 Å². The van der Waals surface area contributed by atoms with E-state index in [1.807, 2.05) is 19.1 Å². The molecule has 3 aromatic rings. The maximum absolute atomic E-state index is 12.1. The van der Waals surface area contributed by atoms with E-state index >= 15 is 0 Å². The summed E-state index contributed by atoms with van der Waals surface area (Å²) in [6.45, 7) is 1.95. The van der Waals surface area contributed by atoms with Gasteiger partial charge in [0.1, 0.15) is 5.65 Å². The predicted molar refractivity (Wildman–Crippen MR) is 102 cm³/mol. The minimum absolute atomic E-state index is 0.110. The zero-order valence-corrected chi connectivity index (χ0v) is 15.1. The van der Waals surface area contributed by atoms with E-state index in [4.69, 9.17) is 11.6 Å². The van der Waals surface area contributed by atoms with E-state index in [0.29, 0.717) is 27.8 Å². The van der Waals surface area contributed by atoms with Crippen LogP contribution in [0.5, 0.6) is 0 Å². The van der Waals surface area contributed by atoms with Crippen molar-refractivity contribution in [1.82, 2.24) is 9.38 Å². The number of anilines is 1. The lowest BCUT2D eigenvalue weighted by Crippen LogP contribution is -2.16. The van der Waals surface area contributed by atoms with Gasteiger partial charge in [-0.3, -0.25) is 14.0 Å². The number of pyridine rings is 1. The summed E-state index contributed by atoms with van der Waals surface area (Å²) in [6.07, 6.45) is 1.72. The summed E-state index contributed by atoms with van der Waals surface area (Å²) in [5, 5.41) is 3.42. The first-order valence-electron chi connectivity index (χ1n) is 7.63. The number of halogens is 1. The molecular formula is C18H16ClN3O2S. The number of rotatable bonds is 5. The van der Waals surface area contributed by atoms with E-state index in [2.05, 4.69) is 10.3 Å². The fourth-order valence-electron chi connectivity index (χ4n) is 2.31. The summed E-state index contributed by atoms with van der Waals surface area (Å²) in [6, 6.07) is 12.2. The Morgan fingerprint density at radius 1 is 1.24 bits per heavy atom. The molecule has 0 radical (unpaired) electrons.